The number of fused-ring (bicyclic) bond motifs is 11. The van der Waals surface area contributed by atoms with Crippen molar-refractivity contribution >= 4 is 40.6 Å². The number of rotatable bonds is 4. The van der Waals surface area contributed by atoms with E-state index in [0.717, 1.165) is 33.2 Å². The molecule has 4 aromatic rings. The number of esters is 3. The van der Waals surface area contributed by atoms with Gasteiger partial charge in [0.05, 0.1) is 30.1 Å². The van der Waals surface area contributed by atoms with Crippen LogP contribution in [0.1, 0.15) is 89.2 Å². The van der Waals surface area contributed by atoms with Crippen molar-refractivity contribution in [1.82, 2.24) is 20.1 Å². The molecule has 16 heteroatoms. The van der Waals surface area contributed by atoms with Gasteiger partial charge in [0, 0.05) is 83.3 Å². The Morgan fingerprint density at radius 3 is 2.60 bits per heavy atom. The monoisotopic (exact) mass is 838 g/mol. The fraction of sp³-hybridized carbons (Fsp3) is 0.477. The molecule has 314 valence electrons. The standard InChI is InChI=1S/C44H46N4O11S/c1-19-11-26-29(34(51)35(19)54-6)32-33-39-31-30(38-37(57-18-58-38)20(2)36(31)59-22(4)50)28(48(33)43(53)15-42(26,5)47(32)16-43)14-56-41(52)44(17-60-39)40-25(12-23(46-44)13-55-21(3)49)24-9-7-8-10-27(24)45-40/h7-11,23,28,32-33,39,45-46,51,53H,12-18H2,1-6H3/t23-,28-,32?,33?,39+,42?,43?,44+/m0/s1. The fourth-order valence-corrected chi connectivity index (χ4v) is 13.7. The summed E-state index contributed by atoms with van der Waals surface area (Å²) in [6, 6.07) is 7.61. The number of phenolic OH excluding ortho intramolecular Hbond substituents is 1. The molecule has 4 bridgehead atoms. The first-order valence-electron chi connectivity index (χ1n) is 20.3. The smallest absolute Gasteiger partial charge is 0.333 e. The number of ether oxygens (including phenoxy) is 6. The van der Waals surface area contributed by atoms with Gasteiger partial charge in [-0.1, -0.05) is 18.2 Å². The van der Waals surface area contributed by atoms with E-state index < -0.39 is 64.1 Å². The van der Waals surface area contributed by atoms with Gasteiger partial charge in [0.1, 0.15) is 24.7 Å². The predicted molar refractivity (Wildman–Crippen MR) is 216 cm³/mol. The second kappa shape index (κ2) is 12.8. The summed E-state index contributed by atoms with van der Waals surface area (Å²) in [5, 5.41) is 29.4. The minimum Gasteiger partial charge on any atom is -0.504 e. The number of nitrogens with zero attached hydrogens (tertiary/aromatic N) is 2. The summed E-state index contributed by atoms with van der Waals surface area (Å²) in [6.07, 6.45) is 0.781. The number of H-pyrrole nitrogens is 1. The molecule has 0 amide bonds. The molecule has 8 aliphatic rings. The highest BCUT2D eigenvalue weighted by Gasteiger charge is 2.72. The number of aliphatic hydroxyl groups is 1. The van der Waals surface area contributed by atoms with E-state index in [2.05, 4.69) is 33.1 Å². The normalized spacial score (nSPS) is 32.0. The Hall–Kier alpha value is -5.00. The summed E-state index contributed by atoms with van der Waals surface area (Å²) >= 11 is 1.48. The molecule has 8 aliphatic heterocycles. The number of hydrogen-bond donors (Lipinski definition) is 4. The molecule has 1 spiro atoms. The highest BCUT2D eigenvalue weighted by molar-refractivity contribution is 7.99. The zero-order valence-corrected chi connectivity index (χ0v) is 34.9. The number of para-hydroxylation sites is 1. The molecule has 3 saturated heterocycles. The molecule has 1 aromatic heterocycles. The van der Waals surface area contributed by atoms with Gasteiger partial charge in [0.15, 0.2) is 28.5 Å². The van der Waals surface area contributed by atoms with Crippen LogP contribution in [0.4, 0.5) is 0 Å². The van der Waals surface area contributed by atoms with Crippen molar-refractivity contribution in [2.75, 3.05) is 39.4 Å². The molecule has 60 heavy (non-hydrogen) atoms. The zero-order valence-electron chi connectivity index (χ0n) is 34.1. The summed E-state index contributed by atoms with van der Waals surface area (Å²) < 4.78 is 36.5. The summed E-state index contributed by atoms with van der Waals surface area (Å²) in [7, 11) is 1.55. The number of aromatic amines is 1. The van der Waals surface area contributed by atoms with Crippen molar-refractivity contribution in [1.29, 1.82) is 0 Å². The SMILES string of the molecule is COc1c(C)cc2c(c1O)C1C3[C@@H]4SC[C@]5(N[C@H](COC(C)=O)Cc6c5[nH]c5ccccc65)C(=O)OC[C@@H](c5c6c(c(C)c(OC(C)=O)c54)OCO6)N3C3(O)CN1C2(C)C3. The quantitative estimate of drug-likeness (QED) is 0.166. The van der Waals surface area contributed by atoms with E-state index in [9.17, 15) is 19.8 Å². The van der Waals surface area contributed by atoms with E-state index in [-0.39, 0.29) is 38.1 Å². The lowest BCUT2D eigenvalue weighted by molar-refractivity contribution is -0.196. The number of nitrogens with one attached hydrogen (secondary N) is 2. The third-order valence-electron chi connectivity index (χ3n) is 14.1. The molecule has 0 aliphatic carbocycles. The van der Waals surface area contributed by atoms with Crippen molar-refractivity contribution in [3.63, 3.8) is 0 Å². The van der Waals surface area contributed by atoms with E-state index in [1.54, 1.807) is 7.11 Å². The molecule has 4 N–H and O–H groups in total. The molecule has 3 aromatic carbocycles. The lowest BCUT2D eigenvalue weighted by atomic mass is 9.75. The van der Waals surface area contributed by atoms with Gasteiger partial charge in [0.25, 0.3) is 0 Å². The Kier molecular flexibility index (Phi) is 8.08. The predicted octanol–water partition coefficient (Wildman–Crippen LogP) is 4.56. The number of methoxy groups -OCH3 is 1. The number of aryl methyl sites for hydroxylation is 1. The van der Waals surface area contributed by atoms with Crippen LogP contribution in [0.25, 0.3) is 10.9 Å². The van der Waals surface area contributed by atoms with Crippen molar-refractivity contribution in [2.45, 2.75) is 93.7 Å². The maximum absolute atomic E-state index is 15.2. The Bertz CT molecular complexity index is 2600. The molecule has 12 rings (SSSR count). The summed E-state index contributed by atoms with van der Waals surface area (Å²) in [6.45, 7) is 8.57. The van der Waals surface area contributed by atoms with Crippen LogP contribution in [0.2, 0.25) is 0 Å². The van der Waals surface area contributed by atoms with Gasteiger partial charge in [-0.25, -0.2) is 4.79 Å². The van der Waals surface area contributed by atoms with Gasteiger partial charge in [-0.2, -0.15) is 0 Å². The van der Waals surface area contributed by atoms with Crippen molar-refractivity contribution in [3.05, 3.63) is 75.0 Å². The Labute approximate surface area is 349 Å². The topological polar surface area (TPSA) is 181 Å². The van der Waals surface area contributed by atoms with Crippen LogP contribution in [-0.2, 0) is 41.4 Å². The molecule has 9 heterocycles. The first kappa shape index (κ1) is 38.0. The maximum atomic E-state index is 15.2. The molecule has 4 unspecified atom stereocenters. The lowest BCUT2D eigenvalue weighted by Crippen LogP contribution is -2.67. The molecule has 0 radical (unpaired) electrons. The Morgan fingerprint density at radius 1 is 1.05 bits per heavy atom. The highest BCUT2D eigenvalue weighted by atomic mass is 32.2. The summed E-state index contributed by atoms with van der Waals surface area (Å²) in [4.78, 5) is 48.4. The molecular formula is C44H46N4O11S. The second-order valence-electron chi connectivity index (χ2n) is 17.5. The van der Waals surface area contributed by atoms with Crippen LogP contribution in [0.3, 0.4) is 0 Å². The number of phenols is 1. The number of aromatic nitrogens is 1. The minimum absolute atomic E-state index is 0.0263. The number of thioether (sulfide) groups is 1. The Morgan fingerprint density at radius 2 is 1.83 bits per heavy atom. The number of benzene rings is 3. The van der Waals surface area contributed by atoms with Crippen LogP contribution < -0.4 is 24.3 Å². The minimum atomic E-state index is -1.47. The maximum Gasteiger partial charge on any atom is 0.333 e. The van der Waals surface area contributed by atoms with Gasteiger partial charge in [-0.15, -0.1) is 11.8 Å². The third kappa shape index (κ3) is 4.84. The fourth-order valence-electron chi connectivity index (χ4n) is 12.0. The zero-order chi connectivity index (χ0) is 41.8. The van der Waals surface area contributed by atoms with Gasteiger partial charge in [0.2, 0.25) is 6.79 Å². The number of hydrogen-bond acceptors (Lipinski definition) is 15. The van der Waals surface area contributed by atoms with Crippen molar-refractivity contribution < 1.29 is 53.0 Å². The first-order valence-corrected chi connectivity index (χ1v) is 21.4. The van der Waals surface area contributed by atoms with E-state index in [0.29, 0.717) is 58.2 Å². The van der Waals surface area contributed by atoms with Crippen LogP contribution >= 0.6 is 11.8 Å². The average molecular weight is 839 g/mol. The highest BCUT2D eigenvalue weighted by Crippen LogP contribution is 2.71. The first-order chi connectivity index (χ1) is 28.7. The summed E-state index contributed by atoms with van der Waals surface area (Å²) in [5.74, 6) is 0.253. The molecule has 8 atom stereocenters. The van der Waals surface area contributed by atoms with Crippen LogP contribution in [-0.4, -0.2) is 100 Å². The van der Waals surface area contributed by atoms with Crippen molar-refractivity contribution in [3.8, 4) is 28.7 Å². The van der Waals surface area contributed by atoms with Gasteiger partial charge in [-0.3, -0.25) is 24.7 Å². The van der Waals surface area contributed by atoms with Gasteiger partial charge >= 0.3 is 17.9 Å². The molecule has 15 nitrogen and oxygen atoms in total. The van der Waals surface area contributed by atoms with E-state index in [4.69, 9.17) is 28.4 Å². The third-order valence-corrected chi connectivity index (χ3v) is 15.6. The summed E-state index contributed by atoms with van der Waals surface area (Å²) in [5.41, 5.74) is 3.18. The molecular weight excluding hydrogens is 793 g/mol. The second-order valence-corrected chi connectivity index (χ2v) is 18.6. The van der Waals surface area contributed by atoms with Crippen LogP contribution in [0.15, 0.2) is 30.3 Å². The number of carbonyl (C=O) groups excluding carboxylic acids is 3. The van der Waals surface area contributed by atoms with Gasteiger partial charge < -0.3 is 43.6 Å². The number of aromatic hydroxyl groups is 1. The number of piperazine rings is 1. The van der Waals surface area contributed by atoms with Crippen LogP contribution in [0, 0.1) is 13.8 Å². The molecule has 3 fully saturated rings. The van der Waals surface area contributed by atoms with E-state index in [1.165, 1.54) is 25.6 Å². The van der Waals surface area contributed by atoms with Crippen LogP contribution in [0.5, 0.6) is 28.7 Å². The lowest BCUT2D eigenvalue weighted by Gasteiger charge is -2.59. The van der Waals surface area contributed by atoms with Gasteiger partial charge in [-0.05, 0) is 56.0 Å². The Balaban J connectivity index is 1.17. The largest absolute Gasteiger partial charge is 0.504 e. The number of carbonyl (C=O) groups is 3. The van der Waals surface area contributed by atoms with Crippen molar-refractivity contribution in [2.24, 2.45) is 0 Å². The average Bonchev–Trinajstić information content (AvgIpc) is 3.95. The van der Waals surface area contributed by atoms with E-state index in [1.807, 2.05) is 38.1 Å². The van der Waals surface area contributed by atoms with E-state index >= 15 is 4.79 Å². The molecule has 0 saturated carbocycles.